The molecule has 0 unspecified atom stereocenters. The molecule has 0 saturated carbocycles. The third kappa shape index (κ3) is 2.37. The summed E-state index contributed by atoms with van der Waals surface area (Å²) in [4.78, 5) is 4.36. The summed E-state index contributed by atoms with van der Waals surface area (Å²) < 4.78 is 12.7. The molecule has 0 fully saturated rings. The van der Waals surface area contributed by atoms with Crippen molar-refractivity contribution >= 4 is 11.4 Å². The van der Waals surface area contributed by atoms with E-state index in [0.717, 1.165) is 17.0 Å². The standard InChI is InChI=1S/C13H12FNO/c1-9-8-12(6-7-13(9)16)15-11-4-2-10(14)3-5-11/h2-7,16H,8H2,1H3. The second-order valence-corrected chi connectivity index (χ2v) is 3.76. The summed E-state index contributed by atoms with van der Waals surface area (Å²) in [6.45, 7) is 1.86. The smallest absolute Gasteiger partial charge is 0.123 e. The first kappa shape index (κ1) is 10.6. The van der Waals surface area contributed by atoms with Crippen LogP contribution in [0.4, 0.5) is 10.1 Å². The van der Waals surface area contributed by atoms with Crippen molar-refractivity contribution in [1.29, 1.82) is 0 Å². The van der Waals surface area contributed by atoms with E-state index in [0.29, 0.717) is 12.2 Å². The van der Waals surface area contributed by atoms with Crippen LogP contribution < -0.4 is 0 Å². The molecule has 3 heteroatoms. The summed E-state index contributed by atoms with van der Waals surface area (Å²) in [5.74, 6) is 0.0370. The molecule has 0 saturated heterocycles. The lowest BCUT2D eigenvalue weighted by Gasteiger charge is -2.09. The molecule has 1 aliphatic rings. The van der Waals surface area contributed by atoms with Gasteiger partial charge in [0.1, 0.15) is 11.6 Å². The van der Waals surface area contributed by atoms with E-state index in [4.69, 9.17) is 0 Å². The second kappa shape index (κ2) is 4.31. The van der Waals surface area contributed by atoms with Crippen LogP contribution in [0.5, 0.6) is 0 Å². The number of allylic oxidation sites excluding steroid dienone is 3. The molecule has 82 valence electrons. The van der Waals surface area contributed by atoms with E-state index in [1.807, 2.05) is 6.92 Å². The van der Waals surface area contributed by atoms with Gasteiger partial charge in [-0.25, -0.2) is 4.39 Å². The van der Waals surface area contributed by atoms with E-state index < -0.39 is 0 Å². The molecule has 0 amide bonds. The van der Waals surface area contributed by atoms with E-state index in [2.05, 4.69) is 4.99 Å². The molecule has 1 aromatic carbocycles. The molecule has 0 bridgehead atoms. The van der Waals surface area contributed by atoms with Crippen LogP contribution in [-0.2, 0) is 0 Å². The van der Waals surface area contributed by atoms with Gasteiger partial charge >= 0.3 is 0 Å². The molecular formula is C13H12FNO. The zero-order valence-corrected chi connectivity index (χ0v) is 8.94. The zero-order valence-electron chi connectivity index (χ0n) is 8.94. The number of halogens is 1. The van der Waals surface area contributed by atoms with E-state index in [1.165, 1.54) is 12.1 Å². The number of hydrogen-bond acceptors (Lipinski definition) is 2. The van der Waals surface area contributed by atoms with Crippen molar-refractivity contribution in [2.75, 3.05) is 0 Å². The number of hydrogen-bond donors (Lipinski definition) is 1. The van der Waals surface area contributed by atoms with Crippen molar-refractivity contribution in [2.24, 2.45) is 4.99 Å². The number of benzene rings is 1. The normalized spacial score (nSPS) is 18.2. The first-order chi connectivity index (χ1) is 7.65. The van der Waals surface area contributed by atoms with Crippen LogP contribution in [0.25, 0.3) is 0 Å². The number of aliphatic hydroxyl groups is 1. The van der Waals surface area contributed by atoms with Crippen molar-refractivity contribution in [3.8, 4) is 0 Å². The molecule has 0 atom stereocenters. The minimum absolute atomic E-state index is 0.267. The Balaban J connectivity index is 2.21. The van der Waals surface area contributed by atoms with Gasteiger partial charge in [-0.15, -0.1) is 0 Å². The number of aliphatic imine (C=N–C) groups is 1. The molecule has 1 aromatic rings. The predicted molar refractivity (Wildman–Crippen MR) is 62.6 cm³/mol. The molecule has 0 heterocycles. The van der Waals surface area contributed by atoms with Gasteiger partial charge in [-0.05, 0) is 48.9 Å². The predicted octanol–water partition coefficient (Wildman–Crippen LogP) is 3.69. The highest BCUT2D eigenvalue weighted by Crippen LogP contribution is 2.19. The summed E-state index contributed by atoms with van der Waals surface area (Å²) in [5, 5.41) is 9.39. The van der Waals surface area contributed by atoms with Crippen molar-refractivity contribution in [1.82, 2.24) is 0 Å². The molecule has 0 spiro atoms. The number of aliphatic hydroxyl groups excluding tert-OH is 1. The van der Waals surface area contributed by atoms with Crippen molar-refractivity contribution in [2.45, 2.75) is 13.3 Å². The Bertz CT molecular complexity index is 483. The average Bonchev–Trinajstić information content (AvgIpc) is 2.27. The summed E-state index contributed by atoms with van der Waals surface area (Å²) >= 11 is 0. The molecule has 0 aliphatic heterocycles. The molecule has 2 rings (SSSR count). The van der Waals surface area contributed by atoms with Crippen LogP contribution in [0.2, 0.25) is 0 Å². The minimum atomic E-state index is -0.267. The maximum Gasteiger partial charge on any atom is 0.123 e. The Morgan fingerprint density at radius 1 is 1.19 bits per heavy atom. The van der Waals surface area contributed by atoms with Crippen LogP contribution in [0, 0.1) is 5.82 Å². The Hall–Kier alpha value is -1.90. The lowest BCUT2D eigenvalue weighted by atomic mass is 10.0. The van der Waals surface area contributed by atoms with Gasteiger partial charge in [0.2, 0.25) is 0 Å². The Kier molecular flexibility index (Phi) is 2.86. The largest absolute Gasteiger partial charge is 0.508 e. The molecule has 0 aromatic heterocycles. The van der Waals surface area contributed by atoms with Gasteiger partial charge in [0.05, 0.1) is 5.69 Å². The molecule has 1 N–H and O–H groups in total. The van der Waals surface area contributed by atoms with E-state index in [1.54, 1.807) is 24.3 Å². The summed E-state index contributed by atoms with van der Waals surface area (Å²) in [7, 11) is 0. The van der Waals surface area contributed by atoms with E-state index in [9.17, 15) is 9.50 Å². The highest BCUT2D eigenvalue weighted by molar-refractivity contribution is 5.99. The number of nitrogens with zero attached hydrogens (tertiary/aromatic N) is 1. The summed E-state index contributed by atoms with van der Waals surface area (Å²) in [6.07, 6.45) is 4.02. The third-order valence-corrected chi connectivity index (χ3v) is 2.42. The maximum absolute atomic E-state index is 12.7. The Labute approximate surface area is 93.5 Å². The van der Waals surface area contributed by atoms with Gasteiger partial charge in [-0.1, -0.05) is 0 Å². The lowest BCUT2D eigenvalue weighted by molar-refractivity contribution is 0.424. The SMILES string of the molecule is CC1=C(O)C=CC(=Nc2ccc(F)cc2)C1. The van der Waals surface area contributed by atoms with Gasteiger partial charge in [-0.2, -0.15) is 0 Å². The van der Waals surface area contributed by atoms with Crippen LogP contribution in [0.3, 0.4) is 0 Å². The highest BCUT2D eigenvalue weighted by Gasteiger charge is 2.07. The molecular weight excluding hydrogens is 205 g/mol. The molecule has 16 heavy (non-hydrogen) atoms. The lowest BCUT2D eigenvalue weighted by Crippen LogP contribution is -2.01. The van der Waals surface area contributed by atoms with Crippen molar-refractivity contribution in [3.05, 3.63) is 53.6 Å². The molecule has 2 nitrogen and oxygen atoms in total. The average molecular weight is 217 g/mol. The zero-order chi connectivity index (χ0) is 11.5. The third-order valence-electron chi connectivity index (χ3n) is 2.42. The van der Waals surface area contributed by atoms with Gasteiger partial charge < -0.3 is 5.11 Å². The van der Waals surface area contributed by atoms with E-state index in [-0.39, 0.29) is 5.82 Å². The van der Waals surface area contributed by atoms with Crippen molar-refractivity contribution in [3.63, 3.8) is 0 Å². The summed E-state index contributed by atoms with van der Waals surface area (Å²) in [6, 6.07) is 6.02. The fourth-order valence-corrected chi connectivity index (χ4v) is 1.50. The van der Waals surface area contributed by atoms with Crippen LogP contribution >= 0.6 is 0 Å². The van der Waals surface area contributed by atoms with Crippen LogP contribution in [-0.4, -0.2) is 10.8 Å². The first-order valence-electron chi connectivity index (χ1n) is 5.05. The van der Waals surface area contributed by atoms with Gasteiger partial charge in [0.25, 0.3) is 0 Å². The fraction of sp³-hybridized carbons (Fsp3) is 0.154. The highest BCUT2D eigenvalue weighted by atomic mass is 19.1. The second-order valence-electron chi connectivity index (χ2n) is 3.76. The molecule has 1 aliphatic carbocycles. The quantitative estimate of drug-likeness (QED) is 0.764. The summed E-state index contributed by atoms with van der Waals surface area (Å²) in [5.41, 5.74) is 2.47. The molecule has 0 radical (unpaired) electrons. The Morgan fingerprint density at radius 3 is 2.50 bits per heavy atom. The van der Waals surface area contributed by atoms with E-state index >= 15 is 0 Å². The van der Waals surface area contributed by atoms with Crippen molar-refractivity contribution < 1.29 is 9.50 Å². The van der Waals surface area contributed by atoms with Gasteiger partial charge in [0, 0.05) is 12.1 Å². The van der Waals surface area contributed by atoms with Gasteiger partial charge in [-0.3, -0.25) is 4.99 Å². The van der Waals surface area contributed by atoms with Crippen LogP contribution in [0.15, 0.2) is 52.7 Å². The first-order valence-corrected chi connectivity index (χ1v) is 5.05. The topological polar surface area (TPSA) is 32.6 Å². The number of rotatable bonds is 1. The maximum atomic E-state index is 12.7. The minimum Gasteiger partial charge on any atom is -0.508 e. The van der Waals surface area contributed by atoms with Crippen LogP contribution in [0.1, 0.15) is 13.3 Å². The Morgan fingerprint density at radius 2 is 1.88 bits per heavy atom. The fourth-order valence-electron chi connectivity index (χ4n) is 1.50. The van der Waals surface area contributed by atoms with Gasteiger partial charge in [0.15, 0.2) is 0 Å². The monoisotopic (exact) mass is 217 g/mol.